The van der Waals surface area contributed by atoms with Crippen molar-refractivity contribution in [2.75, 3.05) is 37.7 Å². The summed E-state index contributed by atoms with van der Waals surface area (Å²) in [6, 6.07) is 16.3. The van der Waals surface area contributed by atoms with Crippen LogP contribution in [-0.2, 0) is 4.79 Å². The summed E-state index contributed by atoms with van der Waals surface area (Å²) in [5.41, 5.74) is 6.70. The van der Waals surface area contributed by atoms with E-state index in [2.05, 4.69) is 47.1 Å². The first-order valence-corrected chi connectivity index (χ1v) is 11.1. The Balaban J connectivity index is 1.31. The van der Waals surface area contributed by atoms with Gasteiger partial charge in [0.2, 0.25) is 0 Å². The number of hydrogen-bond donors (Lipinski definition) is 0. The Bertz CT molecular complexity index is 1100. The molecule has 0 N–H and O–H groups in total. The number of ether oxygens (including phenoxy) is 1. The molecule has 4 rings (SSSR count). The second kappa shape index (κ2) is 9.39. The van der Waals surface area contributed by atoms with Crippen molar-refractivity contribution in [1.29, 1.82) is 0 Å². The maximum absolute atomic E-state index is 12.6. The largest absolute Gasteiger partial charge is 0.483 e. The molecule has 1 aromatic heterocycles. The summed E-state index contributed by atoms with van der Waals surface area (Å²) in [5.74, 6) is 1.63. The molecule has 2 aromatic carbocycles. The molecule has 6 heteroatoms. The van der Waals surface area contributed by atoms with Crippen molar-refractivity contribution in [3.63, 3.8) is 0 Å². The standard InChI is InChI=1S/C26H30N4O2/c1-18-8-9-22(16-20(18)3)23-10-11-25(28-27-23)29-12-14-30(15-13-29)26(31)17-32-24-7-5-6-19(2)21(24)4/h5-11,16H,12-15,17H2,1-4H3. The highest BCUT2D eigenvalue weighted by atomic mass is 16.5. The molecule has 1 amide bonds. The van der Waals surface area contributed by atoms with E-state index < -0.39 is 0 Å². The third kappa shape index (κ3) is 4.74. The highest BCUT2D eigenvalue weighted by molar-refractivity contribution is 5.78. The summed E-state index contributed by atoms with van der Waals surface area (Å²) in [4.78, 5) is 16.7. The first-order valence-electron chi connectivity index (χ1n) is 11.1. The molecule has 166 valence electrons. The second-order valence-electron chi connectivity index (χ2n) is 8.43. The number of aromatic nitrogens is 2. The molecule has 0 spiro atoms. The molecule has 0 atom stereocenters. The number of carbonyl (C=O) groups excluding carboxylic acids is 1. The maximum atomic E-state index is 12.6. The van der Waals surface area contributed by atoms with Crippen LogP contribution >= 0.6 is 0 Å². The van der Waals surface area contributed by atoms with Gasteiger partial charge in [-0.3, -0.25) is 4.79 Å². The lowest BCUT2D eigenvalue weighted by atomic mass is 10.0. The van der Waals surface area contributed by atoms with Crippen LogP contribution in [0.5, 0.6) is 5.75 Å². The molecule has 1 fully saturated rings. The van der Waals surface area contributed by atoms with Gasteiger partial charge in [-0.05, 0) is 74.2 Å². The molecular formula is C26H30N4O2. The summed E-state index contributed by atoms with van der Waals surface area (Å²) in [5, 5.41) is 8.88. The van der Waals surface area contributed by atoms with Crippen LogP contribution in [-0.4, -0.2) is 53.8 Å². The van der Waals surface area contributed by atoms with Crippen molar-refractivity contribution in [3.8, 4) is 17.0 Å². The lowest BCUT2D eigenvalue weighted by molar-refractivity contribution is -0.133. The average Bonchev–Trinajstić information content (AvgIpc) is 2.82. The molecule has 1 aliphatic heterocycles. The van der Waals surface area contributed by atoms with Crippen LogP contribution in [0.3, 0.4) is 0 Å². The summed E-state index contributed by atoms with van der Waals surface area (Å²) >= 11 is 0. The van der Waals surface area contributed by atoms with E-state index in [1.165, 1.54) is 11.1 Å². The molecule has 0 saturated carbocycles. The molecule has 0 bridgehead atoms. The molecular weight excluding hydrogens is 400 g/mol. The fourth-order valence-electron chi connectivity index (χ4n) is 3.84. The number of piperazine rings is 1. The number of anilines is 1. The van der Waals surface area contributed by atoms with Gasteiger partial charge in [0, 0.05) is 31.7 Å². The van der Waals surface area contributed by atoms with Crippen LogP contribution in [0.4, 0.5) is 5.82 Å². The normalized spacial score (nSPS) is 13.9. The van der Waals surface area contributed by atoms with Crippen LogP contribution in [0, 0.1) is 27.7 Å². The monoisotopic (exact) mass is 430 g/mol. The number of rotatable bonds is 5. The van der Waals surface area contributed by atoms with Crippen molar-refractivity contribution in [1.82, 2.24) is 15.1 Å². The van der Waals surface area contributed by atoms with Crippen molar-refractivity contribution in [2.24, 2.45) is 0 Å². The number of carbonyl (C=O) groups is 1. The molecule has 6 nitrogen and oxygen atoms in total. The van der Waals surface area contributed by atoms with Gasteiger partial charge in [-0.2, -0.15) is 0 Å². The molecule has 1 saturated heterocycles. The Morgan fingerprint density at radius 1 is 0.875 bits per heavy atom. The zero-order valence-corrected chi connectivity index (χ0v) is 19.3. The first-order chi connectivity index (χ1) is 15.4. The molecule has 2 heterocycles. The van der Waals surface area contributed by atoms with E-state index in [9.17, 15) is 4.79 Å². The minimum atomic E-state index is 0.0155. The average molecular weight is 431 g/mol. The van der Waals surface area contributed by atoms with Crippen LogP contribution in [0.25, 0.3) is 11.3 Å². The van der Waals surface area contributed by atoms with Crippen LogP contribution in [0.15, 0.2) is 48.5 Å². The summed E-state index contributed by atoms with van der Waals surface area (Å²) < 4.78 is 5.79. The predicted octanol–water partition coefficient (Wildman–Crippen LogP) is 4.10. The number of benzene rings is 2. The molecule has 32 heavy (non-hydrogen) atoms. The Labute approximate surface area is 189 Å². The SMILES string of the molecule is Cc1ccc(-c2ccc(N3CCN(C(=O)COc4cccc(C)c4C)CC3)nn2)cc1C. The fraction of sp³-hybridized carbons (Fsp3) is 0.346. The minimum absolute atomic E-state index is 0.0155. The Hall–Kier alpha value is -3.41. The smallest absolute Gasteiger partial charge is 0.260 e. The highest BCUT2D eigenvalue weighted by Gasteiger charge is 2.22. The molecule has 3 aromatic rings. The van der Waals surface area contributed by atoms with Gasteiger partial charge < -0.3 is 14.5 Å². The van der Waals surface area contributed by atoms with Crippen LogP contribution in [0.2, 0.25) is 0 Å². The number of aryl methyl sites for hydroxylation is 3. The van der Waals surface area contributed by atoms with E-state index in [1.54, 1.807) is 0 Å². The van der Waals surface area contributed by atoms with E-state index >= 15 is 0 Å². The number of hydrogen-bond acceptors (Lipinski definition) is 5. The Morgan fingerprint density at radius 2 is 1.66 bits per heavy atom. The van der Waals surface area contributed by atoms with Gasteiger partial charge in [-0.15, -0.1) is 10.2 Å². The maximum Gasteiger partial charge on any atom is 0.260 e. The number of nitrogens with zero attached hydrogens (tertiary/aromatic N) is 4. The molecule has 0 aliphatic carbocycles. The van der Waals surface area contributed by atoms with E-state index in [4.69, 9.17) is 4.74 Å². The summed E-state index contributed by atoms with van der Waals surface area (Å²) in [6.07, 6.45) is 0. The number of amides is 1. The topological polar surface area (TPSA) is 58.6 Å². The van der Waals surface area contributed by atoms with Gasteiger partial charge in [-0.25, -0.2) is 0 Å². The quantitative estimate of drug-likeness (QED) is 0.610. The van der Waals surface area contributed by atoms with E-state index in [0.29, 0.717) is 13.1 Å². The van der Waals surface area contributed by atoms with Crippen molar-refractivity contribution in [3.05, 3.63) is 70.8 Å². The predicted molar refractivity (Wildman–Crippen MR) is 127 cm³/mol. The zero-order chi connectivity index (χ0) is 22.7. The summed E-state index contributed by atoms with van der Waals surface area (Å²) in [6.45, 7) is 11.1. The second-order valence-corrected chi connectivity index (χ2v) is 8.43. The van der Waals surface area contributed by atoms with Crippen molar-refractivity contribution < 1.29 is 9.53 Å². The van der Waals surface area contributed by atoms with Crippen LogP contribution < -0.4 is 9.64 Å². The van der Waals surface area contributed by atoms with Gasteiger partial charge in [0.1, 0.15) is 5.75 Å². The van der Waals surface area contributed by atoms with Crippen molar-refractivity contribution >= 4 is 11.7 Å². The van der Waals surface area contributed by atoms with E-state index in [1.807, 2.05) is 49.1 Å². The van der Waals surface area contributed by atoms with Gasteiger partial charge >= 0.3 is 0 Å². The van der Waals surface area contributed by atoms with Gasteiger partial charge in [0.05, 0.1) is 5.69 Å². The molecule has 0 unspecified atom stereocenters. The lowest BCUT2D eigenvalue weighted by Crippen LogP contribution is -2.50. The highest BCUT2D eigenvalue weighted by Crippen LogP contribution is 2.23. The van der Waals surface area contributed by atoms with E-state index in [0.717, 1.165) is 47.0 Å². The Morgan fingerprint density at radius 3 is 2.34 bits per heavy atom. The lowest BCUT2D eigenvalue weighted by Gasteiger charge is -2.35. The van der Waals surface area contributed by atoms with Crippen LogP contribution in [0.1, 0.15) is 22.3 Å². The Kier molecular flexibility index (Phi) is 6.40. The van der Waals surface area contributed by atoms with Gasteiger partial charge in [0.15, 0.2) is 12.4 Å². The van der Waals surface area contributed by atoms with Crippen molar-refractivity contribution in [2.45, 2.75) is 27.7 Å². The third-order valence-corrected chi connectivity index (χ3v) is 6.32. The first kappa shape index (κ1) is 21.8. The van der Waals surface area contributed by atoms with E-state index in [-0.39, 0.29) is 12.5 Å². The minimum Gasteiger partial charge on any atom is -0.483 e. The van der Waals surface area contributed by atoms with Gasteiger partial charge in [0.25, 0.3) is 5.91 Å². The third-order valence-electron chi connectivity index (χ3n) is 6.32. The molecule has 1 aliphatic rings. The molecule has 0 radical (unpaired) electrons. The fourth-order valence-corrected chi connectivity index (χ4v) is 3.84. The summed E-state index contributed by atoms with van der Waals surface area (Å²) in [7, 11) is 0. The van der Waals surface area contributed by atoms with Gasteiger partial charge in [-0.1, -0.05) is 24.3 Å². The zero-order valence-electron chi connectivity index (χ0n) is 19.3.